The number of hydrogen-bond acceptors (Lipinski definition) is 1. The average molecular weight is 363 g/mol. The molecule has 1 unspecified atom stereocenters. The fourth-order valence-corrected chi connectivity index (χ4v) is 2.37. The second-order valence-corrected chi connectivity index (χ2v) is 5.42. The van der Waals surface area contributed by atoms with E-state index in [4.69, 9.17) is 0 Å². The monoisotopic (exact) mass is 362 g/mol. The second-order valence-electron chi connectivity index (χ2n) is 4.56. The molecule has 1 nitrogen and oxygen atoms in total. The third-order valence-electron chi connectivity index (χ3n) is 3.02. The van der Waals surface area contributed by atoms with Crippen molar-refractivity contribution in [1.82, 2.24) is 0 Å². The zero-order valence-corrected chi connectivity index (χ0v) is 12.2. The van der Waals surface area contributed by atoms with Crippen molar-refractivity contribution < 1.29 is 22.7 Å². The first kappa shape index (κ1) is 16.0. The fraction of sp³-hybridized carbons (Fsp3) is 0.200. The average Bonchev–Trinajstić information content (AvgIpc) is 2.41. The first-order valence-corrected chi connectivity index (χ1v) is 6.86. The third kappa shape index (κ3) is 3.83. The molecular formula is C15H11BrF4O. The Kier molecular flexibility index (Phi) is 4.68. The molecule has 21 heavy (non-hydrogen) atoms. The summed E-state index contributed by atoms with van der Waals surface area (Å²) in [6, 6.07) is 9.08. The molecule has 0 fully saturated rings. The number of halogens is 5. The molecule has 0 aliphatic carbocycles. The first-order valence-electron chi connectivity index (χ1n) is 6.07. The van der Waals surface area contributed by atoms with Crippen molar-refractivity contribution >= 4 is 15.9 Å². The SMILES string of the molecule is OC(Cc1cccc(C(F)(F)F)c1)c1cccc(Br)c1F. The maximum Gasteiger partial charge on any atom is 0.416 e. The molecule has 112 valence electrons. The van der Waals surface area contributed by atoms with E-state index in [1.54, 1.807) is 6.07 Å². The van der Waals surface area contributed by atoms with E-state index in [1.165, 1.54) is 24.3 Å². The summed E-state index contributed by atoms with van der Waals surface area (Å²) in [6.07, 6.45) is -5.76. The Hall–Kier alpha value is -1.40. The molecular weight excluding hydrogens is 352 g/mol. The van der Waals surface area contributed by atoms with Crippen molar-refractivity contribution in [2.24, 2.45) is 0 Å². The van der Waals surface area contributed by atoms with Gasteiger partial charge in [0.15, 0.2) is 0 Å². The topological polar surface area (TPSA) is 20.2 Å². The Morgan fingerprint density at radius 1 is 1.10 bits per heavy atom. The van der Waals surface area contributed by atoms with Crippen LogP contribution in [-0.2, 0) is 12.6 Å². The van der Waals surface area contributed by atoms with Crippen LogP contribution in [0, 0.1) is 5.82 Å². The van der Waals surface area contributed by atoms with Gasteiger partial charge in [0.05, 0.1) is 16.1 Å². The summed E-state index contributed by atoms with van der Waals surface area (Å²) >= 11 is 3.00. The lowest BCUT2D eigenvalue weighted by Crippen LogP contribution is -2.08. The van der Waals surface area contributed by atoms with Crippen LogP contribution in [0.25, 0.3) is 0 Å². The van der Waals surface area contributed by atoms with Crippen LogP contribution in [-0.4, -0.2) is 5.11 Å². The van der Waals surface area contributed by atoms with Gasteiger partial charge in [-0.2, -0.15) is 13.2 Å². The van der Waals surface area contributed by atoms with Gasteiger partial charge in [-0.15, -0.1) is 0 Å². The van der Waals surface area contributed by atoms with Crippen molar-refractivity contribution in [2.45, 2.75) is 18.7 Å². The molecule has 0 heterocycles. The smallest absolute Gasteiger partial charge is 0.388 e. The van der Waals surface area contributed by atoms with Crippen molar-refractivity contribution in [3.8, 4) is 0 Å². The van der Waals surface area contributed by atoms with Crippen LogP contribution in [0.3, 0.4) is 0 Å². The van der Waals surface area contributed by atoms with Crippen molar-refractivity contribution in [1.29, 1.82) is 0 Å². The highest BCUT2D eigenvalue weighted by Gasteiger charge is 2.30. The Bertz CT molecular complexity index is 640. The third-order valence-corrected chi connectivity index (χ3v) is 3.64. The molecule has 0 saturated heterocycles. The van der Waals surface area contributed by atoms with Gasteiger partial charge in [0, 0.05) is 12.0 Å². The Morgan fingerprint density at radius 2 is 1.76 bits per heavy atom. The van der Waals surface area contributed by atoms with E-state index in [0.717, 1.165) is 12.1 Å². The van der Waals surface area contributed by atoms with Gasteiger partial charge in [-0.25, -0.2) is 4.39 Å². The van der Waals surface area contributed by atoms with Crippen molar-refractivity contribution in [3.63, 3.8) is 0 Å². The highest BCUT2D eigenvalue weighted by molar-refractivity contribution is 9.10. The summed E-state index contributed by atoms with van der Waals surface area (Å²) in [6.45, 7) is 0. The minimum Gasteiger partial charge on any atom is -0.388 e. The quantitative estimate of drug-likeness (QED) is 0.771. The summed E-state index contributed by atoms with van der Waals surface area (Å²) in [7, 11) is 0. The molecule has 0 radical (unpaired) electrons. The van der Waals surface area contributed by atoms with Crippen LogP contribution in [0.15, 0.2) is 46.9 Å². The van der Waals surface area contributed by atoms with Gasteiger partial charge in [0.1, 0.15) is 5.82 Å². The van der Waals surface area contributed by atoms with Gasteiger partial charge >= 0.3 is 6.18 Å². The molecule has 2 aromatic rings. The number of hydrogen-bond donors (Lipinski definition) is 1. The van der Waals surface area contributed by atoms with Gasteiger partial charge in [0.2, 0.25) is 0 Å². The van der Waals surface area contributed by atoms with Crippen LogP contribution in [0.5, 0.6) is 0 Å². The van der Waals surface area contributed by atoms with E-state index in [2.05, 4.69) is 15.9 Å². The summed E-state index contributed by atoms with van der Waals surface area (Å²) in [5.41, 5.74) is -0.458. The molecule has 1 atom stereocenters. The van der Waals surface area contributed by atoms with Crippen LogP contribution in [0.1, 0.15) is 22.8 Å². The summed E-state index contributed by atoms with van der Waals surface area (Å²) in [4.78, 5) is 0. The minimum atomic E-state index is -4.44. The molecule has 2 rings (SSSR count). The highest BCUT2D eigenvalue weighted by atomic mass is 79.9. The lowest BCUT2D eigenvalue weighted by molar-refractivity contribution is -0.137. The number of rotatable bonds is 3. The van der Waals surface area contributed by atoms with Gasteiger partial charge in [-0.3, -0.25) is 0 Å². The zero-order chi connectivity index (χ0) is 15.6. The van der Waals surface area contributed by atoms with Gasteiger partial charge in [-0.1, -0.05) is 30.3 Å². The van der Waals surface area contributed by atoms with Crippen LogP contribution >= 0.6 is 15.9 Å². The number of benzene rings is 2. The number of alkyl halides is 3. The summed E-state index contributed by atoms with van der Waals surface area (Å²) in [5, 5.41) is 10.0. The predicted octanol–water partition coefficient (Wildman–Crippen LogP) is 4.88. The summed E-state index contributed by atoms with van der Waals surface area (Å²) < 4.78 is 51.9. The van der Waals surface area contributed by atoms with E-state index < -0.39 is 23.7 Å². The number of aliphatic hydroxyl groups excluding tert-OH is 1. The van der Waals surface area contributed by atoms with E-state index >= 15 is 0 Å². The number of aliphatic hydroxyl groups is 1. The molecule has 0 bridgehead atoms. The highest BCUT2D eigenvalue weighted by Crippen LogP contribution is 2.31. The molecule has 0 amide bonds. The molecule has 0 spiro atoms. The Labute approximate surface area is 127 Å². The lowest BCUT2D eigenvalue weighted by atomic mass is 9.99. The standard InChI is InChI=1S/C15H11BrF4O/c16-12-6-2-5-11(14(12)17)13(21)8-9-3-1-4-10(7-9)15(18,19)20/h1-7,13,21H,8H2. The molecule has 2 aromatic carbocycles. The second kappa shape index (κ2) is 6.15. The predicted molar refractivity (Wildman–Crippen MR) is 74.2 cm³/mol. The molecule has 0 saturated carbocycles. The van der Waals surface area contributed by atoms with E-state index in [9.17, 15) is 22.7 Å². The largest absolute Gasteiger partial charge is 0.416 e. The van der Waals surface area contributed by atoms with E-state index in [1.807, 2.05) is 0 Å². The Balaban J connectivity index is 2.24. The summed E-state index contributed by atoms with van der Waals surface area (Å²) in [5.74, 6) is -0.614. The van der Waals surface area contributed by atoms with E-state index in [0.29, 0.717) is 0 Å². The van der Waals surface area contributed by atoms with Crippen LogP contribution in [0.4, 0.5) is 17.6 Å². The maximum atomic E-state index is 13.8. The molecule has 0 aromatic heterocycles. The maximum absolute atomic E-state index is 13.8. The normalized spacial score (nSPS) is 13.2. The van der Waals surface area contributed by atoms with Crippen molar-refractivity contribution in [3.05, 3.63) is 69.4 Å². The van der Waals surface area contributed by atoms with Gasteiger partial charge in [0.25, 0.3) is 0 Å². The minimum absolute atomic E-state index is 0.0433. The zero-order valence-electron chi connectivity index (χ0n) is 10.7. The van der Waals surface area contributed by atoms with Crippen LogP contribution in [0.2, 0.25) is 0 Å². The molecule has 0 aliphatic heterocycles. The van der Waals surface area contributed by atoms with Gasteiger partial charge in [-0.05, 0) is 33.6 Å². The molecule has 1 N–H and O–H groups in total. The van der Waals surface area contributed by atoms with Gasteiger partial charge < -0.3 is 5.11 Å². The first-order chi connectivity index (χ1) is 9.79. The van der Waals surface area contributed by atoms with Crippen LogP contribution < -0.4 is 0 Å². The Morgan fingerprint density at radius 3 is 2.43 bits per heavy atom. The molecule has 6 heteroatoms. The lowest BCUT2D eigenvalue weighted by Gasteiger charge is -2.14. The van der Waals surface area contributed by atoms with E-state index in [-0.39, 0.29) is 22.0 Å². The molecule has 0 aliphatic rings. The van der Waals surface area contributed by atoms with Crippen molar-refractivity contribution in [2.75, 3.05) is 0 Å². The fourth-order valence-electron chi connectivity index (χ4n) is 1.99.